The van der Waals surface area contributed by atoms with E-state index in [1.165, 1.54) is 6.07 Å². The number of hydrogen-bond acceptors (Lipinski definition) is 2. The van der Waals surface area contributed by atoms with Gasteiger partial charge >= 0.3 is 6.18 Å². The molecule has 2 rings (SSSR count). The summed E-state index contributed by atoms with van der Waals surface area (Å²) in [6.45, 7) is 0.295. The Bertz CT molecular complexity index is 734. The highest BCUT2D eigenvalue weighted by Gasteiger charge is 2.33. The normalized spacial score (nSPS) is 11.2. The Hall–Kier alpha value is -1.92. The third kappa shape index (κ3) is 6.14. The van der Waals surface area contributed by atoms with Crippen LogP contribution in [0, 0.1) is 0 Å². The maximum atomic E-state index is 12.8. The zero-order chi connectivity index (χ0) is 18.4. The SMILES string of the molecule is O=C(CCCOc1ccc(Cl)cc1)Nc1ccc(Cl)c(C(F)(F)F)c1. The number of halogens is 5. The van der Waals surface area contributed by atoms with Crippen LogP contribution in [-0.4, -0.2) is 12.5 Å². The minimum absolute atomic E-state index is 0.0420. The molecule has 0 bridgehead atoms. The molecule has 0 unspecified atom stereocenters. The Balaban J connectivity index is 1.81. The van der Waals surface area contributed by atoms with Crippen LogP contribution in [0.25, 0.3) is 0 Å². The highest BCUT2D eigenvalue weighted by molar-refractivity contribution is 6.31. The molecule has 3 nitrogen and oxygen atoms in total. The van der Waals surface area contributed by atoms with Crippen molar-refractivity contribution in [1.29, 1.82) is 0 Å². The van der Waals surface area contributed by atoms with Gasteiger partial charge < -0.3 is 10.1 Å². The number of anilines is 1. The number of alkyl halides is 3. The van der Waals surface area contributed by atoms with Crippen molar-refractivity contribution in [2.24, 2.45) is 0 Å². The molecule has 0 aliphatic heterocycles. The van der Waals surface area contributed by atoms with Gasteiger partial charge in [-0.25, -0.2) is 0 Å². The highest BCUT2D eigenvalue weighted by Crippen LogP contribution is 2.36. The fourth-order valence-corrected chi connectivity index (χ4v) is 2.35. The average Bonchev–Trinajstić information content (AvgIpc) is 2.54. The van der Waals surface area contributed by atoms with Crippen LogP contribution in [0.1, 0.15) is 18.4 Å². The van der Waals surface area contributed by atoms with Crippen molar-refractivity contribution < 1.29 is 22.7 Å². The predicted molar refractivity (Wildman–Crippen MR) is 91.3 cm³/mol. The molecule has 1 N–H and O–H groups in total. The zero-order valence-electron chi connectivity index (χ0n) is 12.9. The van der Waals surface area contributed by atoms with Gasteiger partial charge in [-0.2, -0.15) is 13.2 Å². The fourth-order valence-electron chi connectivity index (χ4n) is 2.00. The van der Waals surface area contributed by atoms with Crippen molar-refractivity contribution in [3.05, 3.63) is 58.1 Å². The van der Waals surface area contributed by atoms with Gasteiger partial charge in [0.2, 0.25) is 5.91 Å². The number of carbonyl (C=O) groups is 1. The van der Waals surface area contributed by atoms with Crippen LogP contribution in [0.4, 0.5) is 18.9 Å². The topological polar surface area (TPSA) is 38.3 Å². The lowest BCUT2D eigenvalue weighted by atomic mass is 10.2. The van der Waals surface area contributed by atoms with Crippen LogP contribution in [0.15, 0.2) is 42.5 Å². The first-order valence-electron chi connectivity index (χ1n) is 7.30. The number of rotatable bonds is 6. The molecule has 2 aromatic carbocycles. The van der Waals surface area contributed by atoms with E-state index in [2.05, 4.69) is 5.32 Å². The zero-order valence-corrected chi connectivity index (χ0v) is 14.4. The summed E-state index contributed by atoms with van der Waals surface area (Å²) in [5.74, 6) is 0.215. The van der Waals surface area contributed by atoms with Gasteiger partial charge in [0.05, 0.1) is 17.2 Å². The predicted octanol–water partition coefficient (Wildman–Crippen LogP) is 5.81. The van der Waals surface area contributed by atoms with Crippen molar-refractivity contribution in [1.82, 2.24) is 0 Å². The smallest absolute Gasteiger partial charge is 0.417 e. The monoisotopic (exact) mass is 391 g/mol. The average molecular weight is 392 g/mol. The summed E-state index contributed by atoms with van der Waals surface area (Å²) >= 11 is 11.3. The van der Waals surface area contributed by atoms with Gasteiger partial charge in [0.15, 0.2) is 0 Å². The van der Waals surface area contributed by atoms with Crippen LogP contribution >= 0.6 is 23.2 Å². The Kier molecular flexibility index (Phi) is 6.56. The second-order valence-electron chi connectivity index (χ2n) is 5.15. The third-order valence-electron chi connectivity index (χ3n) is 3.19. The number of ether oxygens (including phenoxy) is 1. The van der Waals surface area contributed by atoms with Gasteiger partial charge in [0.25, 0.3) is 0 Å². The number of hydrogen-bond donors (Lipinski definition) is 1. The Morgan fingerprint density at radius 1 is 1.08 bits per heavy atom. The number of carbonyl (C=O) groups excluding carboxylic acids is 1. The molecule has 0 atom stereocenters. The first kappa shape index (κ1) is 19.4. The van der Waals surface area contributed by atoms with E-state index in [1.54, 1.807) is 24.3 Å². The third-order valence-corrected chi connectivity index (χ3v) is 3.77. The largest absolute Gasteiger partial charge is 0.494 e. The summed E-state index contributed by atoms with van der Waals surface area (Å²) in [5, 5.41) is 2.59. The molecule has 0 aromatic heterocycles. The summed E-state index contributed by atoms with van der Waals surface area (Å²) in [5.41, 5.74) is -0.946. The van der Waals surface area contributed by atoms with Crippen LogP contribution in [0.3, 0.4) is 0 Å². The molecule has 8 heteroatoms. The van der Waals surface area contributed by atoms with Gasteiger partial charge in [0, 0.05) is 17.1 Å². The Morgan fingerprint density at radius 2 is 1.76 bits per heavy atom. The molecule has 2 aromatic rings. The van der Waals surface area contributed by atoms with Crippen molar-refractivity contribution in [3.8, 4) is 5.75 Å². The van der Waals surface area contributed by atoms with Gasteiger partial charge in [-0.3, -0.25) is 4.79 Å². The number of nitrogens with one attached hydrogen (secondary N) is 1. The van der Waals surface area contributed by atoms with E-state index in [1.807, 2.05) is 0 Å². The molecular formula is C17H14Cl2F3NO2. The van der Waals surface area contributed by atoms with E-state index in [0.717, 1.165) is 12.1 Å². The first-order chi connectivity index (χ1) is 11.8. The lowest BCUT2D eigenvalue weighted by Crippen LogP contribution is -2.14. The summed E-state index contributed by atoms with van der Waals surface area (Å²) in [6.07, 6.45) is -4.06. The van der Waals surface area contributed by atoms with E-state index in [9.17, 15) is 18.0 Å². The molecular weight excluding hydrogens is 378 g/mol. The van der Waals surface area contributed by atoms with E-state index < -0.39 is 22.7 Å². The standard InChI is InChI=1S/C17H14Cl2F3NO2/c18-11-3-6-13(7-4-11)25-9-1-2-16(24)23-12-5-8-15(19)14(10-12)17(20,21)22/h3-8,10H,1-2,9H2,(H,23,24). The van der Waals surface area contributed by atoms with E-state index in [0.29, 0.717) is 23.8 Å². The molecule has 0 radical (unpaired) electrons. The van der Waals surface area contributed by atoms with E-state index >= 15 is 0 Å². The molecule has 25 heavy (non-hydrogen) atoms. The van der Waals surface area contributed by atoms with E-state index in [-0.39, 0.29) is 12.1 Å². The molecule has 0 spiro atoms. The van der Waals surface area contributed by atoms with Crippen LogP contribution < -0.4 is 10.1 Å². The van der Waals surface area contributed by atoms with Crippen molar-refractivity contribution >= 4 is 34.8 Å². The second kappa shape index (κ2) is 8.45. The van der Waals surface area contributed by atoms with Crippen LogP contribution in [0.5, 0.6) is 5.75 Å². The number of benzene rings is 2. The number of amides is 1. The molecule has 0 fully saturated rings. The molecule has 134 valence electrons. The highest BCUT2D eigenvalue weighted by atomic mass is 35.5. The van der Waals surface area contributed by atoms with Crippen LogP contribution in [-0.2, 0) is 11.0 Å². The molecule has 0 aliphatic carbocycles. The lowest BCUT2D eigenvalue weighted by Gasteiger charge is -2.12. The van der Waals surface area contributed by atoms with Gasteiger partial charge in [-0.05, 0) is 48.9 Å². The van der Waals surface area contributed by atoms with Crippen molar-refractivity contribution in [2.45, 2.75) is 19.0 Å². The fraction of sp³-hybridized carbons (Fsp3) is 0.235. The van der Waals surface area contributed by atoms with E-state index in [4.69, 9.17) is 27.9 Å². The van der Waals surface area contributed by atoms with Gasteiger partial charge in [0.1, 0.15) is 5.75 Å². The molecule has 0 saturated heterocycles. The molecule has 0 saturated carbocycles. The second-order valence-corrected chi connectivity index (χ2v) is 5.99. The molecule has 0 aliphatic rings. The van der Waals surface area contributed by atoms with Crippen LogP contribution in [0.2, 0.25) is 10.0 Å². The minimum Gasteiger partial charge on any atom is -0.494 e. The molecule has 1 amide bonds. The Labute approximate surface area is 152 Å². The maximum Gasteiger partial charge on any atom is 0.417 e. The first-order valence-corrected chi connectivity index (χ1v) is 8.06. The minimum atomic E-state index is -4.58. The summed E-state index contributed by atoms with van der Waals surface area (Å²) < 4.78 is 43.8. The van der Waals surface area contributed by atoms with Gasteiger partial charge in [-0.15, -0.1) is 0 Å². The Morgan fingerprint density at radius 3 is 2.40 bits per heavy atom. The summed E-state index contributed by atoms with van der Waals surface area (Å²) in [6, 6.07) is 10.0. The lowest BCUT2D eigenvalue weighted by molar-refractivity contribution is -0.137. The quantitative estimate of drug-likeness (QED) is 0.630. The maximum absolute atomic E-state index is 12.8. The van der Waals surface area contributed by atoms with Crippen molar-refractivity contribution in [2.75, 3.05) is 11.9 Å². The summed E-state index contributed by atoms with van der Waals surface area (Å²) in [4.78, 5) is 11.8. The summed E-state index contributed by atoms with van der Waals surface area (Å²) in [7, 11) is 0. The van der Waals surface area contributed by atoms with Crippen molar-refractivity contribution in [3.63, 3.8) is 0 Å². The molecule has 0 heterocycles. The van der Waals surface area contributed by atoms with Gasteiger partial charge in [-0.1, -0.05) is 23.2 Å².